The van der Waals surface area contributed by atoms with Gasteiger partial charge in [0.15, 0.2) is 0 Å². The number of nitrogens with zero attached hydrogens (tertiary/aromatic N) is 1. The molecule has 0 aliphatic rings. The monoisotopic (exact) mass is 254 g/mol. The minimum atomic E-state index is -0.478. The van der Waals surface area contributed by atoms with Crippen molar-refractivity contribution in [3.8, 4) is 0 Å². The molecular formula is C11H8ClFN2S. The summed E-state index contributed by atoms with van der Waals surface area (Å²) in [7, 11) is 0. The molecule has 2 N–H and O–H groups in total. The van der Waals surface area contributed by atoms with Gasteiger partial charge in [-0.05, 0) is 24.3 Å². The number of benzene rings is 1. The van der Waals surface area contributed by atoms with Gasteiger partial charge < -0.3 is 5.73 Å². The highest BCUT2D eigenvalue weighted by Gasteiger charge is 2.08. The van der Waals surface area contributed by atoms with Crippen molar-refractivity contribution in [3.63, 3.8) is 0 Å². The highest BCUT2D eigenvalue weighted by atomic mass is 35.5. The average molecular weight is 255 g/mol. The first-order chi connectivity index (χ1) is 7.66. The number of nitrogens with two attached hydrogens (primary N) is 1. The van der Waals surface area contributed by atoms with Gasteiger partial charge in [0.25, 0.3) is 0 Å². The number of nitrogen functional groups attached to an aromatic ring is 1. The van der Waals surface area contributed by atoms with Crippen LogP contribution in [0.25, 0.3) is 0 Å². The van der Waals surface area contributed by atoms with Gasteiger partial charge in [-0.2, -0.15) is 0 Å². The molecule has 0 saturated carbocycles. The molecule has 2 nitrogen and oxygen atoms in total. The van der Waals surface area contributed by atoms with Crippen LogP contribution in [-0.4, -0.2) is 4.98 Å². The lowest BCUT2D eigenvalue weighted by Gasteiger charge is -2.05. The Bertz CT molecular complexity index is 505. The zero-order valence-corrected chi connectivity index (χ0v) is 9.73. The fourth-order valence-electron chi connectivity index (χ4n) is 1.15. The lowest BCUT2D eigenvalue weighted by Crippen LogP contribution is -1.91. The van der Waals surface area contributed by atoms with E-state index in [9.17, 15) is 4.39 Å². The van der Waals surface area contributed by atoms with Gasteiger partial charge in [-0.25, -0.2) is 9.37 Å². The minimum Gasteiger partial charge on any atom is -0.398 e. The van der Waals surface area contributed by atoms with Crippen LogP contribution in [0.5, 0.6) is 0 Å². The summed E-state index contributed by atoms with van der Waals surface area (Å²) in [6, 6.07) is 8.23. The molecule has 0 unspecified atom stereocenters. The Labute approximate surface area is 102 Å². The van der Waals surface area contributed by atoms with Gasteiger partial charge in [0, 0.05) is 16.8 Å². The zero-order valence-electron chi connectivity index (χ0n) is 8.15. The molecule has 0 radical (unpaired) electrons. The van der Waals surface area contributed by atoms with Crippen molar-refractivity contribution in [3.05, 3.63) is 47.4 Å². The third kappa shape index (κ3) is 2.46. The normalized spacial score (nSPS) is 10.4. The van der Waals surface area contributed by atoms with Crippen molar-refractivity contribution in [2.75, 3.05) is 5.73 Å². The van der Waals surface area contributed by atoms with Crippen LogP contribution >= 0.6 is 23.4 Å². The molecule has 0 fully saturated rings. The number of hydrogen-bond acceptors (Lipinski definition) is 3. The summed E-state index contributed by atoms with van der Waals surface area (Å²) in [6.45, 7) is 0. The highest BCUT2D eigenvalue weighted by molar-refractivity contribution is 7.99. The van der Waals surface area contributed by atoms with Crippen molar-refractivity contribution in [1.29, 1.82) is 0 Å². The molecule has 16 heavy (non-hydrogen) atoms. The minimum absolute atomic E-state index is 0.0304. The van der Waals surface area contributed by atoms with Gasteiger partial charge in [-0.15, -0.1) is 0 Å². The second-order valence-electron chi connectivity index (χ2n) is 3.07. The Hall–Kier alpha value is -1.26. The molecule has 2 aromatic rings. The van der Waals surface area contributed by atoms with E-state index in [2.05, 4.69) is 4.98 Å². The van der Waals surface area contributed by atoms with Crippen molar-refractivity contribution >= 4 is 29.1 Å². The summed E-state index contributed by atoms with van der Waals surface area (Å²) in [4.78, 5) is 4.73. The largest absolute Gasteiger partial charge is 0.398 e. The van der Waals surface area contributed by atoms with E-state index in [1.807, 2.05) is 18.2 Å². The third-order valence-electron chi connectivity index (χ3n) is 1.90. The van der Waals surface area contributed by atoms with Crippen LogP contribution in [0.3, 0.4) is 0 Å². The number of rotatable bonds is 2. The Morgan fingerprint density at radius 2 is 2.12 bits per heavy atom. The van der Waals surface area contributed by atoms with Gasteiger partial charge >= 0.3 is 0 Å². The predicted molar refractivity (Wildman–Crippen MR) is 64.2 cm³/mol. The Kier molecular flexibility index (Phi) is 3.31. The summed E-state index contributed by atoms with van der Waals surface area (Å²) in [5.41, 5.74) is 6.18. The third-order valence-corrected chi connectivity index (χ3v) is 3.22. The van der Waals surface area contributed by atoms with E-state index in [4.69, 9.17) is 17.3 Å². The van der Waals surface area contributed by atoms with Crippen molar-refractivity contribution in [2.24, 2.45) is 0 Å². The number of pyridine rings is 1. The van der Waals surface area contributed by atoms with E-state index in [1.165, 1.54) is 23.9 Å². The SMILES string of the molecule is Nc1cc(Cl)c(F)cc1Sc1ccccn1. The molecule has 0 spiro atoms. The topological polar surface area (TPSA) is 38.9 Å². The first-order valence-corrected chi connectivity index (χ1v) is 5.69. The molecule has 5 heteroatoms. The van der Waals surface area contributed by atoms with E-state index in [1.54, 1.807) is 6.20 Å². The molecule has 1 aromatic carbocycles. The molecule has 1 heterocycles. The molecule has 0 aliphatic carbocycles. The molecule has 0 amide bonds. The fraction of sp³-hybridized carbons (Fsp3) is 0. The summed E-state index contributed by atoms with van der Waals surface area (Å²) >= 11 is 6.91. The molecule has 82 valence electrons. The Balaban J connectivity index is 2.32. The number of anilines is 1. The van der Waals surface area contributed by atoms with Crippen LogP contribution in [0.1, 0.15) is 0 Å². The Morgan fingerprint density at radius 1 is 1.31 bits per heavy atom. The maximum atomic E-state index is 13.2. The Morgan fingerprint density at radius 3 is 2.81 bits per heavy atom. The first-order valence-electron chi connectivity index (χ1n) is 4.50. The number of halogens is 2. The summed E-state index contributed by atoms with van der Waals surface area (Å²) < 4.78 is 13.2. The lowest BCUT2D eigenvalue weighted by molar-refractivity contribution is 0.625. The second-order valence-corrected chi connectivity index (χ2v) is 4.54. The highest BCUT2D eigenvalue weighted by Crippen LogP contribution is 2.33. The summed E-state index contributed by atoms with van der Waals surface area (Å²) in [6.07, 6.45) is 1.67. The zero-order chi connectivity index (χ0) is 11.5. The van der Waals surface area contributed by atoms with Gasteiger partial charge in [-0.1, -0.05) is 29.4 Å². The van der Waals surface area contributed by atoms with Gasteiger partial charge in [0.1, 0.15) is 10.8 Å². The fourth-order valence-corrected chi connectivity index (χ4v) is 2.15. The van der Waals surface area contributed by atoms with Crippen LogP contribution in [-0.2, 0) is 0 Å². The smallest absolute Gasteiger partial charge is 0.143 e. The molecule has 2 rings (SSSR count). The maximum Gasteiger partial charge on any atom is 0.143 e. The van der Waals surface area contributed by atoms with E-state index in [0.29, 0.717) is 10.6 Å². The molecule has 0 bridgehead atoms. The van der Waals surface area contributed by atoms with Gasteiger partial charge in [0.05, 0.1) is 5.02 Å². The molecule has 1 aromatic heterocycles. The van der Waals surface area contributed by atoms with E-state index < -0.39 is 5.82 Å². The quantitative estimate of drug-likeness (QED) is 0.832. The van der Waals surface area contributed by atoms with Crippen LogP contribution in [0, 0.1) is 5.82 Å². The van der Waals surface area contributed by atoms with Crippen LogP contribution in [0.2, 0.25) is 5.02 Å². The maximum absolute atomic E-state index is 13.2. The van der Waals surface area contributed by atoms with Crippen LogP contribution < -0.4 is 5.73 Å². The van der Waals surface area contributed by atoms with Crippen LogP contribution in [0.15, 0.2) is 46.5 Å². The van der Waals surface area contributed by atoms with Gasteiger partial charge in [-0.3, -0.25) is 0 Å². The molecular weight excluding hydrogens is 247 g/mol. The number of hydrogen-bond donors (Lipinski definition) is 1. The van der Waals surface area contributed by atoms with E-state index in [-0.39, 0.29) is 5.02 Å². The molecule has 0 saturated heterocycles. The van der Waals surface area contributed by atoms with Crippen LogP contribution in [0.4, 0.5) is 10.1 Å². The average Bonchev–Trinajstić information content (AvgIpc) is 2.27. The van der Waals surface area contributed by atoms with E-state index >= 15 is 0 Å². The van der Waals surface area contributed by atoms with Gasteiger partial charge in [0.2, 0.25) is 0 Å². The second kappa shape index (κ2) is 4.72. The molecule has 0 atom stereocenters. The van der Waals surface area contributed by atoms with Crippen molar-refractivity contribution < 1.29 is 4.39 Å². The number of aromatic nitrogens is 1. The lowest BCUT2D eigenvalue weighted by atomic mass is 10.3. The van der Waals surface area contributed by atoms with Crippen molar-refractivity contribution in [1.82, 2.24) is 4.98 Å². The summed E-state index contributed by atoms with van der Waals surface area (Å²) in [5, 5.41) is 0.791. The standard InChI is InChI=1S/C11H8ClFN2S/c12-7-5-9(14)10(6-8(7)13)16-11-3-1-2-4-15-11/h1-6H,14H2. The van der Waals surface area contributed by atoms with Crippen molar-refractivity contribution in [2.45, 2.75) is 9.92 Å². The summed E-state index contributed by atoms with van der Waals surface area (Å²) in [5.74, 6) is -0.478. The first kappa shape index (κ1) is 11.2. The molecule has 0 aliphatic heterocycles. The van der Waals surface area contributed by atoms with E-state index in [0.717, 1.165) is 5.03 Å². The predicted octanol–water partition coefficient (Wildman–Crippen LogP) is 3.61.